The van der Waals surface area contributed by atoms with E-state index in [1.165, 1.54) is 5.56 Å². The van der Waals surface area contributed by atoms with Crippen LogP contribution in [0, 0.1) is 17.2 Å². The van der Waals surface area contributed by atoms with Crippen molar-refractivity contribution in [2.24, 2.45) is 13.0 Å². The molecule has 0 aliphatic carbocycles. The van der Waals surface area contributed by atoms with Crippen molar-refractivity contribution in [1.29, 1.82) is 5.26 Å². The molecule has 0 aliphatic heterocycles. The minimum atomic E-state index is 0.547. The predicted octanol–water partition coefficient (Wildman–Crippen LogP) is 2.42. The van der Waals surface area contributed by atoms with E-state index in [9.17, 15) is 0 Å². The van der Waals surface area contributed by atoms with Crippen molar-refractivity contribution in [3.63, 3.8) is 0 Å². The van der Waals surface area contributed by atoms with Gasteiger partial charge in [0.15, 0.2) is 0 Å². The van der Waals surface area contributed by atoms with Gasteiger partial charge >= 0.3 is 0 Å². The summed E-state index contributed by atoms with van der Waals surface area (Å²) >= 11 is 0. The molecule has 1 aromatic heterocycles. The molecule has 1 rings (SSSR count). The van der Waals surface area contributed by atoms with Gasteiger partial charge in [-0.25, -0.2) is 0 Å². The maximum Gasteiger partial charge on any atom is 0.120 e. The van der Waals surface area contributed by atoms with E-state index in [0.717, 1.165) is 18.7 Å². The molecule has 0 aliphatic rings. The average molecular weight is 219 g/mol. The summed E-state index contributed by atoms with van der Waals surface area (Å²) in [6.07, 6.45) is 3.15. The van der Waals surface area contributed by atoms with Crippen LogP contribution >= 0.6 is 0 Å². The first kappa shape index (κ1) is 12.8. The first-order chi connectivity index (χ1) is 7.58. The average Bonchev–Trinajstić information content (AvgIpc) is 2.59. The van der Waals surface area contributed by atoms with Gasteiger partial charge in [-0.3, -0.25) is 0 Å². The highest BCUT2D eigenvalue weighted by Gasteiger charge is 2.10. The summed E-state index contributed by atoms with van der Waals surface area (Å²) in [7, 11) is 1.90. The first-order valence-corrected chi connectivity index (χ1v) is 5.87. The molecule has 0 fully saturated rings. The lowest BCUT2D eigenvalue weighted by Gasteiger charge is -2.20. The molecule has 1 atom stereocenters. The largest absolute Gasteiger partial charge is 0.342 e. The van der Waals surface area contributed by atoms with Gasteiger partial charge in [0.05, 0.1) is 0 Å². The lowest BCUT2D eigenvalue weighted by molar-refractivity contribution is 0.387. The Balaban J connectivity index is 2.57. The van der Waals surface area contributed by atoms with E-state index in [-0.39, 0.29) is 0 Å². The quantitative estimate of drug-likeness (QED) is 0.826. The number of nitriles is 1. The molecular formula is C13H21N3. The summed E-state index contributed by atoms with van der Waals surface area (Å²) in [4.78, 5) is 0. The summed E-state index contributed by atoms with van der Waals surface area (Å²) in [6, 6.07) is 4.67. The Morgan fingerprint density at radius 3 is 2.62 bits per heavy atom. The molecule has 88 valence electrons. The first-order valence-electron chi connectivity index (χ1n) is 5.87. The second-order valence-electron chi connectivity index (χ2n) is 4.60. The van der Waals surface area contributed by atoms with Crippen LogP contribution in [0.2, 0.25) is 0 Å². The molecule has 1 heterocycles. The van der Waals surface area contributed by atoms with E-state index >= 15 is 0 Å². The van der Waals surface area contributed by atoms with E-state index < -0.39 is 0 Å². The molecule has 0 bridgehead atoms. The molecule has 0 aromatic carbocycles. The molecule has 3 heteroatoms. The Labute approximate surface area is 98.1 Å². The minimum absolute atomic E-state index is 0.547. The van der Waals surface area contributed by atoms with Crippen LogP contribution in [-0.2, 0) is 13.6 Å². The molecular weight excluding hydrogens is 198 g/mol. The van der Waals surface area contributed by atoms with E-state index in [1.807, 2.05) is 23.9 Å². The van der Waals surface area contributed by atoms with Crippen LogP contribution in [0.15, 0.2) is 12.3 Å². The van der Waals surface area contributed by atoms with Crippen molar-refractivity contribution in [2.45, 2.75) is 39.8 Å². The Morgan fingerprint density at radius 1 is 1.50 bits per heavy atom. The molecule has 16 heavy (non-hydrogen) atoms. The van der Waals surface area contributed by atoms with Gasteiger partial charge in [-0.2, -0.15) is 5.26 Å². The summed E-state index contributed by atoms with van der Waals surface area (Å²) < 4.78 is 1.87. The van der Waals surface area contributed by atoms with Gasteiger partial charge in [-0.05, 0) is 24.0 Å². The van der Waals surface area contributed by atoms with E-state index in [4.69, 9.17) is 5.26 Å². The lowest BCUT2D eigenvalue weighted by Crippen LogP contribution is -2.32. The van der Waals surface area contributed by atoms with Gasteiger partial charge in [0.2, 0.25) is 0 Å². The van der Waals surface area contributed by atoms with Crippen LogP contribution in [0.4, 0.5) is 0 Å². The Hall–Kier alpha value is -1.27. The molecule has 0 spiro atoms. The zero-order chi connectivity index (χ0) is 12.1. The number of aromatic nitrogens is 1. The molecule has 1 aromatic rings. The van der Waals surface area contributed by atoms with Crippen molar-refractivity contribution in [2.75, 3.05) is 0 Å². The van der Waals surface area contributed by atoms with Gasteiger partial charge in [-0.15, -0.1) is 0 Å². The van der Waals surface area contributed by atoms with Crippen LogP contribution in [0.5, 0.6) is 0 Å². The normalized spacial score (nSPS) is 12.8. The fourth-order valence-corrected chi connectivity index (χ4v) is 1.94. The fourth-order valence-electron chi connectivity index (χ4n) is 1.94. The maximum atomic E-state index is 8.85. The van der Waals surface area contributed by atoms with Crippen molar-refractivity contribution in [3.8, 4) is 6.07 Å². The van der Waals surface area contributed by atoms with Crippen LogP contribution in [0.1, 0.15) is 38.4 Å². The molecule has 1 N–H and O–H groups in total. The standard InChI is InChI=1S/C13H21N3/c1-5-13(10(2)3)15-8-11-6-12(7-14)16(4)9-11/h6,9-10,13,15H,5,8H2,1-4H3. The zero-order valence-corrected chi connectivity index (χ0v) is 10.6. The Bertz CT molecular complexity index is 371. The number of aryl methyl sites for hydroxylation is 1. The number of rotatable bonds is 5. The third-order valence-electron chi connectivity index (χ3n) is 2.99. The number of hydrogen-bond donors (Lipinski definition) is 1. The number of hydrogen-bond acceptors (Lipinski definition) is 2. The molecule has 0 saturated heterocycles. The highest BCUT2D eigenvalue weighted by Crippen LogP contribution is 2.09. The van der Waals surface area contributed by atoms with Crippen molar-refractivity contribution >= 4 is 0 Å². The van der Waals surface area contributed by atoms with E-state index in [2.05, 4.69) is 32.2 Å². The highest BCUT2D eigenvalue weighted by atomic mass is 15.0. The predicted molar refractivity (Wildman–Crippen MR) is 65.9 cm³/mol. The van der Waals surface area contributed by atoms with Gasteiger partial charge in [0, 0.05) is 25.8 Å². The Kier molecular flexibility index (Phi) is 4.57. The van der Waals surface area contributed by atoms with E-state index in [0.29, 0.717) is 12.0 Å². The minimum Gasteiger partial charge on any atom is -0.342 e. The van der Waals surface area contributed by atoms with Crippen molar-refractivity contribution in [3.05, 3.63) is 23.5 Å². The highest BCUT2D eigenvalue weighted by molar-refractivity contribution is 5.28. The van der Waals surface area contributed by atoms with E-state index in [1.54, 1.807) is 0 Å². The summed E-state index contributed by atoms with van der Waals surface area (Å²) in [5, 5.41) is 12.4. The van der Waals surface area contributed by atoms with Crippen LogP contribution < -0.4 is 5.32 Å². The second kappa shape index (κ2) is 5.72. The second-order valence-corrected chi connectivity index (χ2v) is 4.60. The van der Waals surface area contributed by atoms with Gasteiger partial charge < -0.3 is 9.88 Å². The van der Waals surface area contributed by atoms with Crippen LogP contribution in [0.3, 0.4) is 0 Å². The third-order valence-corrected chi connectivity index (χ3v) is 2.99. The number of nitrogens with zero attached hydrogens (tertiary/aromatic N) is 2. The van der Waals surface area contributed by atoms with Crippen LogP contribution in [-0.4, -0.2) is 10.6 Å². The smallest absolute Gasteiger partial charge is 0.120 e. The molecule has 0 amide bonds. The molecule has 0 saturated carbocycles. The third kappa shape index (κ3) is 3.11. The van der Waals surface area contributed by atoms with Crippen molar-refractivity contribution in [1.82, 2.24) is 9.88 Å². The maximum absolute atomic E-state index is 8.85. The van der Waals surface area contributed by atoms with Crippen LogP contribution in [0.25, 0.3) is 0 Å². The molecule has 0 radical (unpaired) electrons. The number of nitrogens with one attached hydrogen (secondary N) is 1. The SMILES string of the molecule is CCC(NCc1cc(C#N)n(C)c1)C(C)C. The van der Waals surface area contributed by atoms with Gasteiger partial charge in [0.25, 0.3) is 0 Å². The summed E-state index contributed by atoms with van der Waals surface area (Å²) in [5.41, 5.74) is 1.90. The van der Waals surface area contributed by atoms with Gasteiger partial charge in [-0.1, -0.05) is 20.8 Å². The fraction of sp³-hybridized carbons (Fsp3) is 0.615. The summed E-state index contributed by atoms with van der Waals surface area (Å²) in [6.45, 7) is 7.50. The lowest BCUT2D eigenvalue weighted by atomic mass is 10.0. The van der Waals surface area contributed by atoms with Crippen molar-refractivity contribution < 1.29 is 0 Å². The zero-order valence-electron chi connectivity index (χ0n) is 10.6. The molecule has 1 unspecified atom stereocenters. The molecule has 3 nitrogen and oxygen atoms in total. The summed E-state index contributed by atoms with van der Waals surface area (Å²) in [5.74, 6) is 0.643. The Morgan fingerprint density at radius 2 is 2.19 bits per heavy atom. The van der Waals surface area contributed by atoms with Gasteiger partial charge in [0.1, 0.15) is 11.8 Å². The monoisotopic (exact) mass is 219 g/mol. The topological polar surface area (TPSA) is 40.8 Å².